The molecule has 0 aliphatic rings. The van der Waals surface area contributed by atoms with Gasteiger partial charge in [-0.15, -0.1) is 0 Å². The molecule has 0 saturated heterocycles. The van der Waals surface area contributed by atoms with Crippen molar-refractivity contribution in [1.29, 1.82) is 0 Å². The molecule has 1 amide bonds. The first-order valence-corrected chi connectivity index (χ1v) is 6.47. The molecule has 2 aromatic rings. The molecule has 0 radical (unpaired) electrons. The van der Waals surface area contributed by atoms with Crippen LogP contribution in [-0.2, 0) is 9.53 Å². The molecule has 1 aromatic carbocycles. The van der Waals surface area contributed by atoms with Gasteiger partial charge < -0.3 is 14.5 Å². The fourth-order valence-corrected chi connectivity index (χ4v) is 1.77. The van der Waals surface area contributed by atoms with E-state index in [0.29, 0.717) is 11.0 Å². The maximum absolute atomic E-state index is 11.8. The Kier molecular flexibility index (Phi) is 4.37. The molecular formula is C15H15NO5. The summed E-state index contributed by atoms with van der Waals surface area (Å²) >= 11 is 0. The van der Waals surface area contributed by atoms with Crippen LogP contribution in [0.4, 0.5) is 0 Å². The van der Waals surface area contributed by atoms with Crippen LogP contribution < -0.4 is 10.7 Å². The lowest BCUT2D eigenvalue weighted by Crippen LogP contribution is -2.34. The normalized spacial score (nSPS) is 10.6. The molecule has 1 aromatic heterocycles. The summed E-state index contributed by atoms with van der Waals surface area (Å²) in [7, 11) is 0. The maximum atomic E-state index is 11.8. The summed E-state index contributed by atoms with van der Waals surface area (Å²) in [5.41, 5.74) is -0.0426. The van der Waals surface area contributed by atoms with E-state index in [-0.39, 0.29) is 17.2 Å². The minimum Gasteiger partial charge on any atom is -0.450 e. The highest BCUT2D eigenvalue weighted by Gasteiger charge is 2.15. The zero-order valence-electron chi connectivity index (χ0n) is 11.7. The van der Waals surface area contributed by atoms with Gasteiger partial charge >= 0.3 is 5.97 Å². The molecule has 110 valence electrons. The van der Waals surface area contributed by atoms with E-state index in [4.69, 9.17) is 9.15 Å². The van der Waals surface area contributed by atoms with Crippen LogP contribution in [-0.4, -0.2) is 24.5 Å². The Bertz CT molecular complexity index is 732. The molecule has 1 N–H and O–H groups in total. The predicted octanol–water partition coefficient (Wildman–Crippen LogP) is 1.47. The molecule has 0 aliphatic heterocycles. The van der Waals surface area contributed by atoms with E-state index in [1.54, 1.807) is 38.1 Å². The van der Waals surface area contributed by atoms with Gasteiger partial charge in [0.05, 0.1) is 5.39 Å². The molecule has 0 spiro atoms. The molecule has 0 saturated carbocycles. The van der Waals surface area contributed by atoms with Crippen molar-refractivity contribution in [2.75, 3.05) is 6.61 Å². The van der Waals surface area contributed by atoms with Gasteiger partial charge in [-0.1, -0.05) is 12.1 Å². The molecular weight excluding hydrogens is 274 g/mol. The summed E-state index contributed by atoms with van der Waals surface area (Å²) in [5.74, 6) is -1.49. The monoisotopic (exact) mass is 289 g/mol. The second-order valence-corrected chi connectivity index (χ2v) is 4.77. The van der Waals surface area contributed by atoms with Gasteiger partial charge in [0.15, 0.2) is 12.0 Å². The highest BCUT2D eigenvalue weighted by Crippen LogP contribution is 2.12. The standard InChI is InChI=1S/C15H15NO5/c1-9(2)16-14(18)8-20-15(19)13-7-11(17)10-5-3-4-6-12(10)21-13/h3-7,9H,8H2,1-2H3,(H,16,18). The van der Waals surface area contributed by atoms with Crippen molar-refractivity contribution in [2.24, 2.45) is 0 Å². The molecule has 6 nitrogen and oxygen atoms in total. The zero-order valence-corrected chi connectivity index (χ0v) is 11.7. The van der Waals surface area contributed by atoms with Gasteiger partial charge in [0.2, 0.25) is 5.76 Å². The highest BCUT2D eigenvalue weighted by molar-refractivity contribution is 5.90. The first-order valence-electron chi connectivity index (χ1n) is 6.47. The number of fused-ring (bicyclic) bond motifs is 1. The number of ether oxygens (including phenoxy) is 1. The lowest BCUT2D eigenvalue weighted by Gasteiger charge is -2.08. The van der Waals surface area contributed by atoms with Crippen molar-refractivity contribution in [1.82, 2.24) is 5.32 Å². The Morgan fingerprint density at radius 3 is 2.71 bits per heavy atom. The van der Waals surface area contributed by atoms with Crippen LogP contribution in [0.25, 0.3) is 11.0 Å². The first-order chi connectivity index (χ1) is 9.97. The number of nitrogens with one attached hydrogen (secondary N) is 1. The number of carbonyl (C=O) groups is 2. The van der Waals surface area contributed by atoms with Crippen LogP contribution >= 0.6 is 0 Å². The number of amides is 1. The summed E-state index contributed by atoms with van der Waals surface area (Å²) < 4.78 is 10.1. The summed E-state index contributed by atoms with van der Waals surface area (Å²) in [4.78, 5) is 35.0. The number of hydrogen-bond donors (Lipinski definition) is 1. The van der Waals surface area contributed by atoms with E-state index in [0.717, 1.165) is 6.07 Å². The molecule has 0 unspecified atom stereocenters. The molecule has 0 bridgehead atoms. The highest BCUT2D eigenvalue weighted by atomic mass is 16.5. The first kappa shape index (κ1) is 14.8. The van der Waals surface area contributed by atoms with E-state index in [1.807, 2.05) is 0 Å². The number of carbonyl (C=O) groups excluding carboxylic acids is 2. The maximum Gasteiger partial charge on any atom is 0.374 e. The van der Waals surface area contributed by atoms with E-state index >= 15 is 0 Å². The van der Waals surface area contributed by atoms with Crippen LogP contribution in [0.1, 0.15) is 24.4 Å². The Balaban J connectivity index is 2.13. The number of esters is 1. The topological polar surface area (TPSA) is 85.6 Å². The third-order valence-electron chi connectivity index (χ3n) is 2.62. The van der Waals surface area contributed by atoms with Crippen molar-refractivity contribution in [3.8, 4) is 0 Å². The number of para-hydroxylation sites is 1. The lowest BCUT2D eigenvalue weighted by molar-refractivity contribution is -0.124. The Morgan fingerprint density at radius 2 is 2.00 bits per heavy atom. The van der Waals surface area contributed by atoms with E-state index in [1.165, 1.54) is 0 Å². The molecule has 21 heavy (non-hydrogen) atoms. The van der Waals surface area contributed by atoms with Gasteiger partial charge in [-0.25, -0.2) is 4.79 Å². The smallest absolute Gasteiger partial charge is 0.374 e. The van der Waals surface area contributed by atoms with Gasteiger partial charge in [0.1, 0.15) is 5.58 Å². The third-order valence-corrected chi connectivity index (χ3v) is 2.62. The van der Waals surface area contributed by atoms with Crippen LogP contribution in [0.2, 0.25) is 0 Å². The van der Waals surface area contributed by atoms with Crippen molar-refractivity contribution >= 4 is 22.8 Å². The minimum absolute atomic E-state index is 0.0465. The summed E-state index contributed by atoms with van der Waals surface area (Å²) in [5, 5.41) is 2.96. The van der Waals surface area contributed by atoms with Crippen molar-refractivity contribution in [3.63, 3.8) is 0 Å². The number of benzene rings is 1. The average Bonchev–Trinajstić information content (AvgIpc) is 2.44. The Hall–Kier alpha value is -2.63. The van der Waals surface area contributed by atoms with Crippen LogP contribution in [0.15, 0.2) is 39.5 Å². The zero-order chi connectivity index (χ0) is 15.4. The molecule has 0 aliphatic carbocycles. The van der Waals surface area contributed by atoms with E-state index in [9.17, 15) is 14.4 Å². The van der Waals surface area contributed by atoms with Gasteiger partial charge in [-0.05, 0) is 26.0 Å². The van der Waals surface area contributed by atoms with Crippen molar-refractivity contribution in [2.45, 2.75) is 19.9 Å². The quantitative estimate of drug-likeness (QED) is 0.861. The predicted molar refractivity (Wildman–Crippen MR) is 76.0 cm³/mol. The van der Waals surface area contributed by atoms with Gasteiger partial charge in [0.25, 0.3) is 5.91 Å². The molecule has 0 atom stereocenters. The van der Waals surface area contributed by atoms with E-state index < -0.39 is 18.5 Å². The van der Waals surface area contributed by atoms with E-state index in [2.05, 4.69) is 5.32 Å². The van der Waals surface area contributed by atoms with Gasteiger partial charge in [0, 0.05) is 12.1 Å². The SMILES string of the molecule is CC(C)NC(=O)COC(=O)c1cc(=O)c2ccccc2o1. The minimum atomic E-state index is -0.850. The lowest BCUT2D eigenvalue weighted by atomic mass is 10.2. The second-order valence-electron chi connectivity index (χ2n) is 4.77. The number of hydrogen-bond acceptors (Lipinski definition) is 5. The molecule has 1 heterocycles. The van der Waals surface area contributed by atoms with Crippen LogP contribution in [0.3, 0.4) is 0 Å². The second kappa shape index (κ2) is 6.21. The fourth-order valence-electron chi connectivity index (χ4n) is 1.77. The summed E-state index contributed by atoms with van der Waals surface area (Å²) in [6, 6.07) is 7.59. The fraction of sp³-hybridized carbons (Fsp3) is 0.267. The third kappa shape index (κ3) is 3.68. The van der Waals surface area contributed by atoms with Gasteiger partial charge in [-0.3, -0.25) is 9.59 Å². The van der Waals surface area contributed by atoms with Gasteiger partial charge in [-0.2, -0.15) is 0 Å². The average molecular weight is 289 g/mol. The van der Waals surface area contributed by atoms with Crippen LogP contribution in [0, 0.1) is 0 Å². The molecule has 6 heteroatoms. The Morgan fingerprint density at radius 1 is 1.29 bits per heavy atom. The summed E-state index contributed by atoms with van der Waals surface area (Å²) in [6.45, 7) is 3.16. The number of rotatable bonds is 4. The Labute approximate surface area is 120 Å². The van der Waals surface area contributed by atoms with Crippen molar-refractivity contribution in [3.05, 3.63) is 46.3 Å². The van der Waals surface area contributed by atoms with Crippen molar-refractivity contribution < 1.29 is 18.7 Å². The largest absolute Gasteiger partial charge is 0.450 e. The van der Waals surface area contributed by atoms with Crippen LogP contribution in [0.5, 0.6) is 0 Å². The summed E-state index contributed by atoms with van der Waals surface area (Å²) in [6.07, 6.45) is 0. The molecule has 0 fully saturated rings. The molecule has 2 rings (SSSR count).